The van der Waals surface area contributed by atoms with Crippen molar-refractivity contribution in [2.45, 2.75) is 69.2 Å². The highest BCUT2D eigenvalue weighted by molar-refractivity contribution is 8.30. The second-order valence-electron chi connectivity index (χ2n) is 9.57. The molecule has 5 rings (SSSR count). The Morgan fingerprint density at radius 2 is 0.550 bits per heavy atom. The number of thioether (sulfide) groups is 10. The molecular weight excluding hydrogens is 681 g/mol. The summed E-state index contributed by atoms with van der Waals surface area (Å²) >= 11 is 19.4. The van der Waals surface area contributed by atoms with Gasteiger partial charge in [0.1, 0.15) is 0 Å². The topological polar surface area (TPSA) is 0 Å². The van der Waals surface area contributed by atoms with Crippen LogP contribution in [0.4, 0.5) is 0 Å². The molecule has 0 saturated carbocycles. The molecule has 0 atom stereocenters. The summed E-state index contributed by atoms with van der Waals surface area (Å²) < 4.78 is 6.96. The molecule has 40 heavy (non-hydrogen) atoms. The minimum Gasteiger partial charge on any atom is -0.0866 e. The first-order valence-electron chi connectivity index (χ1n) is 12.7. The maximum absolute atomic E-state index is 2.50. The summed E-state index contributed by atoms with van der Waals surface area (Å²) in [4.78, 5) is 14.1. The van der Waals surface area contributed by atoms with Gasteiger partial charge in [0.2, 0.25) is 0 Å². The largest absolute Gasteiger partial charge is 0.0866 e. The summed E-state index contributed by atoms with van der Waals surface area (Å²) in [5.41, 5.74) is 4.14. The van der Waals surface area contributed by atoms with Gasteiger partial charge in [0.05, 0.1) is 12.7 Å². The molecule has 0 bridgehead atoms. The summed E-state index contributed by atoms with van der Waals surface area (Å²) in [7, 11) is 0. The zero-order valence-electron chi connectivity index (χ0n) is 24.2. The van der Waals surface area contributed by atoms with Crippen molar-refractivity contribution in [3.05, 3.63) is 99.1 Å². The molecule has 0 aliphatic carbocycles. The first kappa shape index (κ1) is 32.3. The number of hydrogen-bond acceptors (Lipinski definition) is 10. The van der Waals surface area contributed by atoms with Crippen LogP contribution < -0.4 is 0 Å². The van der Waals surface area contributed by atoms with Gasteiger partial charge in [0, 0.05) is 25.2 Å². The molecule has 0 spiro atoms. The highest BCUT2D eigenvalue weighted by Crippen LogP contribution is 2.61. The highest BCUT2D eigenvalue weighted by Gasteiger charge is 2.31. The van der Waals surface area contributed by atoms with Gasteiger partial charge >= 0.3 is 0 Å². The Balaban J connectivity index is 1.75. The first-order chi connectivity index (χ1) is 18.9. The molecule has 5 heterocycles. The van der Waals surface area contributed by atoms with Crippen molar-refractivity contribution in [2.24, 2.45) is 0 Å². The van der Waals surface area contributed by atoms with Crippen LogP contribution in [-0.4, -0.2) is 0 Å². The van der Waals surface area contributed by atoms with Crippen LogP contribution >= 0.6 is 118 Å². The van der Waals surface area contributed by atoms with Gasteiger partial charge in [-0.2, -0.15) is 0 Å². The summed E-state index contributed by atoms with van der Waals surface area (Å²) in [6.45, 7) is 22.6. The summed E-state index contributed by atoms with van der Waals surface area (Å²) in [5.74, 6) is 0. The van der Waals surface area contributed by atoms with Gasteiger partial charge in [-0.1, -0.05) is 118 Å². The fraction of sp³-hybridized carbons (Fsp3) is 0.333. The Bertz CT molecular complexity index is 1340. The minimum atomic E-state index is 1.37. The maximum atomic E-state index is 2.50. The molecule has 212 valence electrons. The van der Waals surface area contributed by atoms with Crippen molar-refractivity contribution in [3.8, 4) is 0 Å². The second kappa shape index (κ2) is 13.5. The average Bonchev–Trinajstić information content (AvgIpc) is 3.66. The molecule has 0 aromatic carbocycles. The van der Waals surface area contributed by atoms with Gasteiger partial charge in [-0.3, -0.25) is 0 Å². The van der Waals surface area contributed by atoms with E-state index in [4.69, 9.17) is 0 Å². The molecular formula is C30H32S10. The van der Waals surface area contributed by atoms with Crippen LogP contribution in [-0.2, 0) is 0 Å². The van der Waals surface area contributed by atoms with Crippen LogP contribution in [0.15, 0.2) is 99.1 Å². The lowest BCUT2D eigenvalue weighted by atomic mass is 10.0. The molecule has 5 aliphatic heterocycles. The van der Waals surface area contributed by atoms with Gasteiger partial charge in [-0.15, -0.1) is 0 Å². The summed E-state index contributed by atoms with van der Waals surface area (Å²) in [6.07, 6.45) is 5.01. The molecule has 0 aromatic heterocycles. The van der Waals surface area contributed by atoms with Crippen LogP contribution in [0.2, 0.25) is 0 Å². The third-order valence-electron chi connectivity index (χ3n) is 6.68. The third-order valence-corrected chi connectivity index (χ3v) is 19.6. The molecule has 0 amide bonds. The SMILES string of the molecule is CC1=C(C)SC(=CC(=C2SC(C)=C(C)S2)C(=C2SC(C)=C(C)S2)C(C=C2SC(C)=C(C)S2)=C2SC(C)=C(C)S2)S1. The molecule has 0 aromatic rings. The van der Waals surface area contributed by atoms with Crippen LogP contribution in [0.3, 0.4) is 0 Å². The Kier molecular flexibility index (Phi) is 10.9. The van der Waals surface area contributed by atoms with E-state index in [-0.39, 0.29) is 0 Å². The predicted molar refractivity (Wildman–Crippen MR) is 205 cm³/mol. The Labute approximate surface area is 283 Å². The van der Waals surface area contributed by atoms with E-state index in [1.165, 1.54) is 87.0 Å². The third kappa shape index (κ3) is 7.07. The number of hydrogen-bond donors (Lipinski definition) is 0. The molecule has 0 saturated heterocycles. The number of allylic oxidation sites excluding steroid dienone is 15. The predicted octanol–water partition coefficient (Wildman–Crippen LogP) is 15.0. The van der Waals surface area contributed by atoms with E-state index in [0.29, 0.717) is 0 Å². The average molecular weight is 713 g/mol. The van der Waals surface area contributed by atoms with Crippen molar-refractivity contribution >= 4 is 118 Å². The lowest BCUT2D eigenvalue weighted by Gasteiger charge is -2.19. The normalized spacial score (nSPS) is 22.0. The summed E-state index contributed by atoms with van der Waals surface area (Å²) in [6, 6.07) is 0. The van der Waals surface area contributed by atoms with Gasteiger partial charge in [-0.25, -0.2) is 0 Å². The van der Waals surface area contributed by atoms with Crippen LogP contribution in [0.1, 0.15) is 69.2 Å². The molecule has 0 unspecified atom stereocenters. The van der Waals surface area contributed by atoms with Crippen molar-refractivity contribution in [3.63, 3.8) is 0 Å². The summed E-state index contributed by atoms with van der Waals surface area (Å²) in [5, 5.41) is 0. The van der Waals surface area contributed by atoms with E-state index in [1.807, 2.05) is 118 Å². The fourth-order valence-electron chi connectivity index (χ4n) is 3.77. The van der Waals surface area contributed by atoms with Crippen molar-refractivity contribution in [1.82, 2.24) is 0 Å². The fourth-order valence-corrected chi connectivity index (χ4v) is 16.3. The van der Waals surface area contributed by atoms with Gasteiger partial charge in [-0.05, 0) is 130 Å². The van der Waals surface area contributed by atoms with Crippen molar-refractivity contribution in [2.75, 3.05) is 0 Å². The monoisotopic (exact) mass is 712 g/mol. The molecule has 0 N–H and O–H groups in total. The molecule has 5 aliphatic rings. The van der Waals surface area contributed by atoms with E-state index in [1.54, 1.807) is 0 Å². The van der Waals surface area contributed by atoms with Gasteiger partial charge < -0.3 is 0 Å². The Morgan fingerprint density at radius 1 is 0.325 bits per heavy atom. The lowest BCUT2D eigenvalue weighted by Crippen LogP contribution is -1.98. The zero-order chi connectivity index (χ0) is 28.9. The van der Waals surface area contributed by atoms with Crippen LogP contribution in [0.5, 0.6) is 0 Å². The Hall–Kier alpha value is 0.900. The second-order valence-corrected chi connectivity index (χ2v) is 23.2. The van der Waals surface area contributed by atoms with Gasteiger partial charge in [0.15, 0.2) is 0 Å². The molecule has 0 radical (unpaired) electrons. The standard InChI is InChI=1S/C30H32S10/c1-13-14(2)32-25(31-13)11-23(28-35-17(5)18(6)36-28)27(30-39-21(9)22(10)40-30)24(29-37-19(7)20(8)38-29)12-26-33-15(3)16(4)34-26/h11-12H,1-10H3. The molecule has 0 nitrogen and oxygen atoms in total. The van der Waals surface area contributed by atoms with E-state index in [2.05, 4.69) is 81.4 Å². The lowest BCUT2D eigenvalue weighted by molar-refractivity contribution is 1.48. The zero-order valence-corrected chi connectivity index (χ0v) is 32.4. The molecule has 10 heteroatoms. The smallest absolute Gasteiger partial charge is 0.0578 e. The number of rotatable bonds is 4. The highest BCUT2D eigenvalue weighted by atomic mass is 32.2. The minimum absolute atomic E-state index is 1.37. The van der Waals surface area contributed by atoms with E-state index in [0.717, 1.165) is 0 Å². The van der Waals surface area contributed by atoms with E-state index < -0.39 is 0 Å². The van der Waals surface area contributed by atoms with Crippen LogP contribution in [0.25, 0.3) is 0 Å². The Morgan fingerprint density at radius 3 is 0.825 bits per heavy atom. The van der Waals surface area contributed by atoms with Crippen molar-refractivity contribution < 1.29 is 0 Å². The van der Waals surface area contributed by atoms with Crippen LogP contribution in [0, 0.1) is 0 Å². The van der Waals surface area contributed by atoms with E-state index >= 15 is 0 Å². The first-order valence-corrected chi connectivity index (χ1v) is 20.9. The van der Waals surface area contributed by atoms with E-state index in [9.17, 15) is 0 Å². The quantitative estimate of drug-likeness (QED) is 0.275. The van der Waals surface area contributed by atoms with Crippen molar-refractivity contribution in [1.29, 1.82) is 0 Å². The van der Waals surface area contributed by atoms with Gasteiger partial charge in [0.25, 0.3) is 0 Å². The maximum Gasteiger partial charge on any atom is 0.0578 e. The molecule has 0 fully saturated rings.